The highest BCUT2D eigenvalue weighted by Crippen LogP contribution is 2.31. The Balaban J connectivity index is 1.42. The van der Waals surface area contributed by atoms with Crippen LogP contribution in [0.15, 0.2) is 53.3 Å². The molecular formula is C20H18N8O3. The van der Waals surface area contributed by atoms with Gasteiger partial charge in [0.25, 0.3) is 5.91 Å². The molecule has 1 fully saturated rings. The van der Waals surface area contributed by atoms with Gasteiger partial charge in [-0.2, -0.15) is 5.10 Å². The van der Waals surface area contributed by atoms with Crippen LogP contribution in [0.5, 0.6) is 0 Å². The number of aliphatic hydroxyl groups is 1. The van der Waals surface area contributed by atoms with Gasteiger partial charge in [-0.25, -0.2) is 15.0 Å². The van der Waals surface area contributed by atoms with E-state index in [-0.39, 0.29) is 12.2 Å². The standard InChI is InChI=1S/C20H18N8O3/c1-28-10-6-17(26-28)25-19-22-8-5-14(24-19)12-3-2-4-13(23-12)15-11-16(31-27-15)20(30)7-9-21-18(20)29/h2-6,8,10-11,30H,7,9H2,1H3,(H,21,29)(H,22,24,25,26)/t20-/m1/s1. The van der Waals surface area contributed by atoms with Crippen LogP contribution in [-0.2, 0) is 17.4 Å². The van der Waals surface area contributed by atoms with Crippen LogP contribution in [0, 0.1) is 0 Å². The Kier molecular flexibility index (Phi) is 4.44. The summed E-state index contributed by atoms with van der Waals surface area (Å²) < 4.78 is 6.94. The number of amides is 1. The summed E-state index contributed by atoms with van der Waals surface area (Å²) in [6, 6.07) is 10.5. The Morgan fingerprint density at radius 2 is 1.97 bits per heavy atom. The largest absolute Gasteiger partial charge is 0.373 e. The first-order chi connectivity index (χ1) is 15.0. The minimum Gasteiger partial charge on any atom is -0.373 e. The van der Waals surface area contributed by atoms with E-state index in [1.54, 1.807) is 23.0 Å². The fraction of sp³-hybridized carbons (Fsp3) is 0.200. The molecule has 0 saturated carbocycles. The van der Waals surface area contributed by atoms with Gasteiger partial charge in [-0.15, -0.1) is 0 Å². The van der Waals surface area contributed by atoms with Crippen LogP contribution in [0.3, 0.4) is 0 Å². The van der Waals surface area contributed by atoms with Crippen molar-refractivity contribution in [2.75, 3.05) is 11.9 Å². The van der Waals surface area contributed by atoms with E-state index in [1.807, 2.05) is 31.4 Å². The number of aryl methyl sites for hydroxylation is 1. The topological polar surface area (TPSA) is 144 Å². The van der Waals surface area contributed by atoms with Crippen LogP contribution in [0.4, 0.5) is 11.8 Å². The summed E-state index contributed by atoms with van der Waals surface area (Å²) >= 11 is 0. The maximum Gasteiger partial charge on any atom is 0.260 e. The fourth-order valence-corrected chi connectivity index (χ4v) is 3.32. The highest BCUT2D eigenvalue weighted by atomic mass is 16.5. The molecule has 0 radical (unpaired) electrons. The number of pyridine rings is 1. The molecule has 11 heteroatoms. The van der Waals surface area contributed by atoms with Crippen molar-refractivity contribution < 1.29 is 14.4 Å². The Hall–Kier alpha value is -4.12. The molecule has 0 unspecified atom stereocenters. The highest BCUT2D eigenvalue weighted by molar-refractivity contribution is 5.87. The second-order valence-corrected chi connectivity index (χ2v) is 7.12. The highest BCUT2D eigenvalue weighted by Gasteiger charge is 2.45. The molecular weight excluding hydrogens is 400 g/mol. The summed E-state index contributed by atoms with van der Waals surface area (Å²) in [5.74, 6) is 0.617. The molecule has 11 nitrogen and oxygen atoms in total. The molecule has 5 rings (SSSR count). The van der Waals surface area contributed by atoms with Crippen LogP contribution >= 0.6 is 0 Å². The number of anilines is 2. The van der Waals surface area contributed by atoms with E-state index in [2.05, 4.69) is 35.8 Å². The number of rotatable bonds is 5. The number of hydrogen-bond donors (Lipinski definition) is 3. The van der Waals surface area contributed by atoms with Gasteiger partial charge in [0, 0.05) is 44.5 Å². The van der Waals surface area contributed by atoms with E-state index in [0.717, 1.165) is 0 Å². The second kappa shape index (κ2) is 7.29. The van der Waals surface area contributed by atoms with E-state index >= 15 is 0 Å². The smallest absolute Gasteiger partial charge is 0.260 e. The minimum atomic E-state index is -1.71. The molecule has 3 N–H and O–H groups in total. The zero-order valence-corrected chi connectivity index (χ0v) is 16.5. The third kappa shape index (κ3) is 3.51. The van der Waals surface area contributed by atoms with Crippen molar-refractivity contribution in [2.45, 2.75) is 12.0 Å². The number of carbonyl (C=O) groups excluding carboxylic acids is 1. The van der Waals surface area contributed by atoms with Crippen molar-refractivity contribution in [1.82, 2.24) is 35.2 Å². The molecule has 4 aromatic rings. The number of hydrogen-bond acceptors (Lipinski definition) is 9. The lowest BCUT2D eigenvalue weighted by Gasteiger charge is -2.13. The lowest BCUT2D eigenvalue weighted by Crippen LogP contribution is -2.34. The van der Waals surface area contributed by atoms with Crippen molar-refractivity contribution in [3.8, 4) is 22.8 Å². The van der Waals surface area contributed by atoms with Crippen LogP contribution in [0.25, 0.3) is 22.8 Å². The van der Waals surface area contributed by atoms with Crippen molar-refractivity contribution in [2.24, 2.45) is 7.05 Å². The minimum absolute atomic E-state index is 0.0913. The molecule has 1 amide bonds. The first-order valence-corrected chi connectivity index (χ1v) is 9.57. The maximum atomic E-state index is 12.0. The number of aromatic nitrogens is 6. The molecule has 1 aliphatic heterocycles. The van der Waals surface area contributed by atoms with Crippen LogP contribution in [-0.4, -0.2) is 47.4 Å². The summed E-state index contributed by atoms with van der Waals surface area (Å²) in [7, 11) is 1.82. The second-order valence-electron chi connectivity index (χ2n) is 7.12. The number of nitrogens with one attached hydrogen (secondary N) is 2. The zero-order valence-electron chi connectivity index (χ0n) is 16.5. The van der Waals surface area contributed by atoms with Crippen LogP contribution < -0.4 is 10.6 Å². The first-order valence-electron chi connectivity index (χ1n) is 9.57. The van der Waals surface area contributed by atoms with Gasteiger partial charge in [0.15, 0.2) is 11.6 Å². The molecule has 0 spiro atoms. The lowest BCUT2D eigenvalue weighted by atomic mass is 9.99. The van der Waals surface area contributed by atoms with Crippen molar-refractivity contribution in [3.63, 3.8) is 0 Å². The molecule has 5 heterocycles. The Bertz CT molecular complexity index is 1270. The van der Waals surface area contributed by atoms with Gasteiger partial charge < -0.3 is 20.3 Å². The molecule has 4 aromatic heterocycles. The first kappa shape index (κ1) is 18.9. The predicted octanol–water partition coefficient (Wildman–Crippen LogP) is 1.38. The van der Waals surface area contributed by atoms with Gasteiger partial charge in [0.05, 0.1) is 17.1 Å². The van der Waals surface area contributed by atoms with Gasteiger partial charge in [-0.3, -0.25) is 9.48 Å². The third-order valence-corrected chi connectivity index (χ3v) is 4.95. The zero-order chi connectivity index (χ0) is 21.4. The fourth-order valence-electron chi connectivity index (χ4n) is 3.32. The number of carbonyl (C=O) groups is 1. The van der Waals surface area contributed by atoms with Gasteiger partial charge in [0.2, 0.25) is 11.5 Å². The average molecular weight is 418 g/mol. The Morgan fingerprint density at radius 1 is 1.16 bits per heavy atom. The Morgan fingerprint density at radius 3 is 2.71 bits per heavy atom. The molecule has 1 saturated heterocycles. The molecule has 0 bridgehead atoms. The molecule has 156 valence electrons. The monoisotopic (exact) mass is 418 g/mol. The average Bonchev–Trinajstić information content (AvgIpc) is 3.50. The van der Waals surface area contributed by atoms with E-state index < -0.39 is 11.5 Å². The van der Waals surface area contributed by atoms with E-state index in [4.69, 9.17) is 4.52 Å². The van der Waals surface area contributed by atoms with Crippen molar-refractivity contribution in [1.29, 1.82) is 0 Å². The summed E-state index contributed by atoms with van der Waals surface area (Å²) in [5.41, 5.74) is 0.429. The normalized spacial score (nSPS) is 18.2. The predicted molar refractivity (Wildman–Crippen MR) is 109 cm³/mol. The van der Waals surface area contributed by atoms with E-state index in [1.165, 1.54) is 6.07 Å². The summed E-state index contributed by atoms with van der Waals surface area (Å²) in [6.07, 6.45) is 3.67. The maximum absolute atomic E-state index is 12.0. The molecule has 0 aliphatic carbocycles. The molecule has 0 aromatic carbocycles. The van der Waals surface area contributed by atoms with Gasteiger partial charge >= 0.3 is 0 Å². The molecule has 1 atom stereocenters. The van der Waals surface area contributed by atoms with Gasteiger partial charge in [0.1, 0.15) is 5.69 Å². The third-order valence-electron chi connectivity index (χ3n) is 4.95. The SMILES string of the molecule is Cn1ccc(Nc2nccc(-c3cccc(-c4cc([C@]5(O)CCNC5=O)on4)n3)n2)n1. The van der Waals surface area contributed by atoms with Crippen LogP contribution in [0.1, 0.15) is 12.2 Å². The van der Waals surface area contributed by atoms with E-state index in [9.17, 15) is 9.90 Å². The van der Waals surface area contributed by atoms with Crippen LogP contribution in [0.2, 0.25) is 0 Å². The quantitative estimate of drug-likeness (QED) is 0.438. The summed E-state index contributed by atoms with van der Waals surface area (Å²) in [4.78, 5) is 25.3. The molecule has 31 heavy (non-hydrogen) atoms. The van der Waals surface area contributed by atoms with E-state index in [0.29, 0.717) is 41.1 Å². The van der Waals surface area contributed by atoms with Crippen molar-refractivity contribution >= 4 is 17.7 Å². The number of nitrogens with zero attached hydrogens (tertiary/aromatic N) is 6. The molecule has 1 aliphatic rings. The summed E-state index contributed by atoms with van der Waals surface area (Å²) in [5, 5.41) is 24.5. The van der Waals surface area contributed by atoms with Crippen molar-refractivity contribution in [3.05, 3.63) is 54.6 Å². The van der Waals surface area contributed by atoms with Gasteiger partial charge in [-0.05, 0) is 18.2 Å². The summed E-state index contributed by atoms with van der Waals surface area (Å²) in [6.45, 7) is 0.377. The lowest BCUT2D eigenvalue weighted by molar-refractivity contribution is -0.137. The Labute approximate surface area is 176 Å². The van der Waals surface area contributed by atoms with Gasteiger partial charge in [-0.1, -0.05) is 11.2 Å².